The number of rotatable bonds is 7. The van der Waals surface area contributed by atoms with E-state index in [2.05, 4.69) is 10.6 Å². The number of carbonyl (C=O) groups is 2. The monoisotopic (exact) mass is 411 g/mol. The predicted octanol–water partition coefficient (Wildman–Crippen LogP) is 1.97. The van der Waals surface area contributed by atoms with Crippen LogP contribution in [0.25, 0.3) is 0 Å². The van der Waals surface area contributed by atoms with Crippen LogP contribution in [0.1, 0.15) is 40.0 Å². The Balaban J connectivity index is 2.32. The summed E-state index contributed by atoms with van der Waals surface area (Å²) in [4.78, 5) is 24.2. The van der Waals surface area contributed by atoms with Crippen molar-refractivity contribution in [2.45, 2.75) is 51.0 Å². The number of methoxy groups -OCH3 is 1. The van der Waals surface area contributed by atoms with Gasteiger partial charge in [-0.05, 0) is 37.0 Å². The Morgan fingerprint density at radius 2 is 1.79 bits per heavy atom. The minimum Gasteiger partial charge on any atom is -0.495 e. The molecule has 0 saturated carbocycles. The van der Waals surface area contributed by atoms with Crippen LogP contribution in [0.3, 0.4) is 0 Å². The molecule has 1 aromatic rings. The van der Waals surface area contributed by atoms with E-state index in [1.165, 1.54) is 36.5 Å². The third-order valence-corrected chi connectivity index (χ3v) is 6.58. The van der Waals surface area contributed by atoms with Crippen molar-refractivity contribution in [2.75, 3.05) is 25.5 Å². The first-order chi connectivity index (χ1) is 13.2. The van der Waals surface area contributed by atoms with Gasteiger partial charge in [0.25, 0.3) is 0 Å². The number of nitrogens with zero attached hydrogens (tertiary/aromatic N) is 1. The van der Waals surface area contributed by atoms with E-state index in [1.807, 2.05) is 13.8 Å². The topological polar surface area (TPSA) is 105 Å². The molecule has 0 aliphatic carbocycles. The van der Waals surface area contributed by atoms with Gasteiger partial charge in [-0.3, -0.25) is 9.59 Å². The summed E-state index contributed by atoms with van der Waals surface area (Å²) < 4.78 is 32.6. The first kappa shape index (κ1) is 22.2. The highest BCUT2D eigenvalue weighted by atomic mass is 32.2. The van der Waals surface area contributed by atoms with Crippen molar-refractivity contribution in [1.82, 2.24) is 9.62 Å². The van der Waals surface area contributed by atoms with Gasteiger partial charge in [-0.15, -0.1) is 0 Å². The zero-order chi connectivity index (χ0) is 20.9. The molecule has 1 fully saturated rings. The number of nitrogens with one attached hydrogen (secondary N) is 2. The van der Waals surface area contributed by atoms with Crippen LogP contribution >= 0.6 is 0 Å². The lowest BCUT2D eigenvalue weighted by Gasteiger charge is -2.26. The van der Waals surface area contributed by atoms with Crippen LogP contribution in [-0.4, -0.2) is 50.8 Å². The van der Waals surface area contributed by atoms with Crippen LogP contribution in [0.5, 0.6) is 5.75 Å². The zero-order valence-corrected chi connectivity index (χ0v) is 17.6. The van der Waals surface area contributed by atoms with E-state index >= 15 is 0 Å². The molecule has 2 rings (SSSR count). The molecule has 1 atom stereocenters. The summed E-state index contributed by atoms with van der Waals surface area (Å²) in [6.07, 6.45) is 2.70. The quantitative estimate of drug-likeness (QED) is 0.714. The lowest BCUT2D eigenvalue weighted by atomic mass is 10.0. The summed E-state index contributed by atoms with van der Waals surface area (Å²) in [5.74, 6) is -0.551. The van der Waals surface area contributed by atoms with Crippen molar-refractivity contribution in [3.05, 3.63) is 18.2 Å². The van der Waals surface area contributed by atoms with Gasteiger partial charge < -0.3 is 15.4 Å². The zero-order valence-electron chi connectivity index (χ0n) is 16.8. The Bertz CT molecular complexity index is 817. The molecule has 0 aromatic heterocycles. The Kier molecular flexibility index (Phi) is 7.42. The average molecular weight is 412 g/mol. The van der Waals surface area contributed by atoms with Crippen LogP contribution in [-0.2, 0) is 19.6 Å². The highest BCUT2D eigenvalue weighted by Crippen LogP contribution is 2.30. The third-order valence-electron chi connectivity index (χ3n) is 4.69. The van der Waals surface area contributed by atoms with Crippen LogP contribution in [0.15, 0.2) is 23.1 Å². The van der Waals surface area contributed by atoms with E-state index in [-0.39, 0.29) is 22.4 Å². The number of anilines is 1. The summed E-state index contributed by atoms with van der Waals surface area (Å²) in [7, 11) is -2.20. The van der Waals surface area contributed by atoms with Crippen molar-refractivity contribution in [3.8, 4) is 5.75 Å². The van der Waals surface area contributed by atoms with Gasteiger partial charge in [0.1, 0.15) is 11.8 Å². The van der Waals surface area contributed by atoms with Crippen LogP contribution in [0, 0.1) is 5.92 Å². The van der Waals surface area contributed by atoms with Crippen molar-refractivity contribution in [2.24, 2.45) is 5.92 Å². The van der Waals surface area contributed by atoms with Gasteiger partial charge in [-0.1, -0.05) is 20.3 Å². The number of benzene rings is 1. The first-order valence-corrected chi connectivity index (χ1v) is 10.9. The second-order valence-electron chi connectivity index (χ2n) is 7.24. The van der Waals surface area contributed by atoms with Crippen LogP contribution in [0.4, 0.5) is 5.69 Å². The van der Waals surface area contributed by atoms with E-state index in [0.717, 1.165) is 19.3 Å². The number of carbonyl (C=O) groups excluding carboxylic acids is 2. The number of hydrogen-bond donors (Lipinski definition) is 2. The lowest BCUT2D eigenvalue weighted by molar-refractivity contribution is -0.126. The Morgan fingerprint density at radius 3 is 2.32 bits per heavy atom. The maximum atomic E-state index is 12.9. The van der Waals surface area contributed by atoms with Crippen molar-refractivity contribution in [3.63, 3.8) is 0 Å². The number of piperidine rings is 1. The second kappa shape index (κ2) is 9.38. The maximum absolute atomic E-state index is 12.9. The molecule has 2 amide bonds. The van der Waals surface area contributed by atoms with Gasteiger partial charge in [-0.25, -0.2) is 8.42 Å². The van der Waals surface area contributed by atoms with Crippen LogP contribution < -0.4 is 15.4 Å². The van der Waals surface area contributed by atoms with Crippen molar-refractivity contribution in [1.29, 1.82) is 0 Å². The molecule has 156 valence electrons. The minimum absolute atomic E-state index is 0.103. The molecule has 0 bridgehead atoms. The molecule has 28 heavy (non-hydrogen) atoms. The second-order valence-corrected chi connectivity index (χ2v) is 9.18. The van der Waals surface area contributed by atoms with E-state index < -0.39 is 22.0 Å². The van der Waals surface area contributed by atoms with Gasteiger partial charge in [0.05, 0.1) is 17.7 Å². The third kappa shape index (κ3) is 5.23. The molecule has 1 saturated heterocycles. The number of amides is 2. The van der Waals surface area contributed by atoms with Gasteiger partial charge in [-0.2, -0.15) is 4.31 Å². The number of ether oxygens (including phenoxy) is 1. The molecule has 2 N–H and O–H groups in total. The fourth-order valence-electron chi connectivity index (χ4n) is 3.16. The van der Waals surface area contributed by atoms with Gasteiger partial charge in [0, 0.05) is 20.0 Å². The molecule has 1 aromatic carbocycles. The van der Waals surface area contributed by atoms with E-state index in [0.29, 0.717) is 18.8 Å². The standard InChI is InChI=1S/C19H29N3O5S/c1-13(2)18(20-14(3)23)19(24)21-16-12-15(8-9-17(16)27-4)28(25,26)22-10-6-5-7-11-22/h8-9,12-13,18H,5-7,10-11H2,1-4H3,(H,20,23)(H,21,24)/t18-/m1/s1. The van der Waals surface area contributed by atoms with E-state index in [4.69, 9.17) is 4.74 Å². The smallest absolute Gasteiger partial charge is 0.247 e. The SMILES string of the molecule is COc1ccc(S(=O)(=O)N2CCCCC2)cc1NC(=O)[C@H](NC(C)=O)C(C)C. The molecular weight excluding hydrogens is 382 g/mol. The number of hydrogen-bond acceptors (Lipinski definition) is 5. The summed E-state index contributed by atoms with van der Waals surface area (Å²) in [5.41, 5.74) is 0.251. The molecule has 9 heteroatoms. The van der Waals surface area contributed by atoms with E-state index in [9.17, 15) is 18.0 Å². The Labute approximate surface area is 166 Å². The molecule has 1 aliphatic heterocycles. The van der Waals surface area contributed by atoms with E-state index in [1.54, 1.807) is 0 Å². The fourth-order valence-corrected chi connectivity index (χ4v) is 4.71. The number of sulfonamides is 1. The highest BCUT2D eigenvalue weighted by Gasteiger charge is 2.28. The minimum atomic E-state index is -3.64. The fraction of sp³-hybridized carbons (Fsp3) is 0.579. The highest BCUT2D eigenvalue weighted by molar-refractivity contribution is 7.89. The largest absolute Gasteiger partial charge is 0.495 e. The van der Waals surface area contributed by atoms with Gasteiger partial charge in [0.2, 0.25) is 21.8 Å². The summed E-state index contributed by atoms with van der Waals surface area (Å²) in [5, 5.41) is 5.32. The maximum Gasteiger partial charge on any atom is 0.247 e. The molecule has 0 spiro atoms. The predicted molar refractivity (Wildman–Crippen MR) is 107 cm³/mol. The molecule has 0 unspecified atom stereocenters. The Morgan fingerprint density at radius 1 is 1.14 bits per heavy atom. The van der Waals surface area contributed by atoms with Crippen molar-refractivity contribution < 1.29 is 22.7 Å². The molecule has 0 radical (unpaired) electrons. The molecule has 1 aliphatic rings. The normalized spacial score (nSPS) is 16.5. The first-order valence-electron chi connectivity index (χ1n) is 9.43. The molecular formula is C19H29N3O5S. The average Bonchev–Trinajstić information content (AvgIpc) is 2.66. The molecule has 8 nitrogen and oxygen atoms in total. The van der Waals surface area contributed by atoms with Gasteiger partial charge >= 0.3 is 0 Å². The van der Waals surface area contributed by atoms with Crippen molar-refractivity contribution >= 4 is 27.5 Å². The van der Waals surface area contributed by atoms with Crippen LogP contribution in [0.2, 0.25) is 0 Å². The summed E-state index contributed by atoms with van der Waals surface area (Å²) >= 11 is 0. The molecule has 1 heterocycles. The summed E-state index contributed by atoms with van der Waals surface area (Å²) in [6.45, 7) is 5.96. The van der Waals surface area contributed by atoms with Gasteiger partial charge in [0.15, 0.2) is 0 Å². The Hall–Kier alpha value is -2.13. The summed E-state index contributed by atoms with van der Waals surface area (Å²) in [6, 6.07) is 3.66. The lowest BCUT2D eigenvalue weighted by Crippen LogP contribution is -2.46.